The molecule has 1 saturated carbocycles. The Hall–Kier alpha value is -2.29. The fourth-order valence-corrected chi connectivity index (χ4v) is 3.72. The number of aromatic nitrogens is 4. The van der Waals surface area contributed by atoms with Crippen molar-refractivity contribution < 1.29 is 25.2 Å². The van der Waals surface area contributed by atoms with Gasteiger partial charge < -0.3 is 30.9 Å². The Morgan fingerprint density at radius 1 is 1.21 bits per heavy atom. The van der Waals surface area contributed by atoms with Crippen molar-refractivity contribution in [1.29, 1.82) is 0 Å². The highest BCUT2D eigenvalue weighted by molar-refractivity contribution is 5.82. The zero-order valence-electron chi connectivity index (χ0n) is 15.2. The second-order valence-corrected chi connectivity index (χ2v) is 7.33. The van der Waals surface area contributed by atoms with E-state index in [0.29, 0.717) is 18.4 Å². The van der Waals surface area contributed by atoms with Crippen LogP contribution in [-0.2, 0) is 4.74 Å². The third-order valence-electron chi connectivity index (χ3n) is 5.33. The molecule has 1 aliphatic carbocycles. The minimum absolute atomic E-state index is 0.107. The Morgan fingerprint density at radius 3 is 2.64 bits per heavy atom. The number of nitrogen functional groups attached to an aromatic ring is 1. The molecule has 0 unspecified atom stereocenters. The van der Waals surface area contributed by atoms with Crippen LogP contribution >= 0.6 is 0 Å². The molecule has 4 atom stereocenters. The Morgan fingerprint density at radius 2 is 1.96 bits per heavy atom. The maximum Gasteiger partial charge on any atom is 0.209 e. The molecule has 2 aliphatic rings. The van der Waals surface area contributed by atoms with Gasteiger partial charge in [-0.3, -0.25) is 4.57 Å². The third-order valence-corrected chi connectivity index (χ3v) is 5.33. The average Bonchev–Trinajstić information content (AvgIpc) is 3.23. The first-order valence-corrected chi connectivity index (χ1v) is 9.30. The summed E-state index contributed by atoms with van der Waals surface area (Å²) in [5.41, 5.74) is 5.51. The van der Waals surface area contributed by atoms with Crippen LogP contribution in [0.2, 0.25) is 0 Å². The molecule has 6 N–H and O–H groups in total. The van der Waals surface area contributed by atoms with Gasteiger partial charge in [0.05, 0.1) is 12.9 Å². The Labute approximate surface area is 161 Å². The lowest BCUT2D eigenvalue weighted by atomic mass is 9.85. The molecule has 150 valence electrons. The highest BCUT2D eigenvalue weighted by Gasteiger charge is 2.44. The molecule has 0 aromatic carbocycles. The molecule has 2 aromatic heterocycles. The first kappa shape index (κ1) is 19.0. The fraction of sp³-hybridized carbons (Fsp3) is 0.611. The summed E-state index contributed by atoms with van der Waals surface area (Å²) in [5, 5.41) is 40.1. The summed E-state index contributed by atoms with van der Waals surface area (Å²) in [4.78, 5) is 12.6. The second-order valence-electron chi connectivity index (χ2n) is 7.33. The molecule has 10 nitrogen and oxygen atoms in total. The highest BCUT2D eigenvalue weighted by Crippen LogP contribution is 2.32. The molecule has 2 fully saturated rings. The molecule has 4 rings (SSSR count). The van der Waals surface area contributed by atoms with Gasteiger partial charge in [-0.15, -0.1) is 0 Å². The van der Waals surface area contributed by atoms with Crippen molar-refractivity contribution in [2.24, 2.45) is 0 Å². The average molecular weight is 389 g/mol. The minimum atomic E-state index is -1.27. The van der Waals surface area contributed by atoms with E-state index in [4.69, 9.17) is 10.5 Å². The number of imidazole rings is 1. The topological polar surface area (TPSA) is 160 Å². The van der Waals surface area contributed by atoms with Gasteiger partial charge >= 0.3 is 0 Å². The molecular formula is C18H23N5O5. The summed E-state index contributed by atoms with van der Waals surface area (Å²) in [5.74, 6) is 5.89. The lowest BCUT2D eigenvalue weighted by molar-refractivity contribution is -0.0511. The van der Waals surface area contributed by atoms with Crippen molar-refractivity contribution in [1.82, 2.24) is 19.5 Å². The molecule has 0 bridgehead atoms. The Kier molecular flexibility index (Phi) is 4.95. The molecule has 1 saturated heterocycles. The first-order chi connectivity index (χ1) is 13.4. The molecule has 3 heterocycles. The molecule has 2 aromatic rings. The third kappa shape index (κ3) is 3.32. The molecule has 28 heavy (non-hydrogen) atoms. The maximum atomic E-state index is 10.5. The predicted molar refractivity (Wildman–Crippen MR) is 97.7 cm³/mol. The van der Waals surface area contributed by atoms with Crippen molar-refractivity contribution in [2.45, 2.75) is 62.2 Å². The minimum Gasteiger partial charge on any atom is -0.394 e. The van der Waals surface area contributed by atoms with E-state index in [1.165, 1.54) is 10.9 Å². The van der Waals surface area contributed by atoms with Crippen LogP contribution in [0.15, 0.2) is 6.33 Å². The normalized spacial score (nSPS) is 29.6. The zero-order valence-corrected chi connectivity index (χ0v) is 15.2. The maximum absolute atomic E-state index is 10.5. The molecule has 0 amide bonds. The monoisotopic (exact) mass is 389 g/mol. The van der Waals surface area contributed by atoms with Gasteiger partial charge in [0.25, 0.3) is 0 Å². The SMILES string of the molecule is Nc1nc(C#CC2(O)CCCCC2)nc2c1ncn2[C@@H]1O[C@H](CO)[C@@H](O)[C@H]1O. The number of nitrogens with two attached hydrogens (primary N) is 1. The standard InChI is InChI=1S/C18H23N5O5/c19-15-12-16(22-11(21-15)4-7-18(27)5-2-1-3-6-18)23(9-20-12)17-14(26)13(25)10(8-24)28-17/h9-10,13-14,17,24-27H,1-3,5-6,8H2,(H2,19,21,22)/t10-,13-,14-,17-/m1/s1. The van der Waals surface area contributed by atoms with Gasteiger partial charge in [0.2, 0.25) is 5.82 Å². The number of ether oxygens (including phenoxy) is 1. The van der Waals surface area contributed by atoms with E-state index >= 15 is 0 Å². The lowest BCUT2D eigenvalue weighted by Crippen LogP contribution is -2.33. The van der Waals surface area contributed by atoms with Crippen molar-refractivity contribution >= 4 is 17.0 Å². The summed E-state index contributed by atoms with van der Waals surface area (Å²) in [7, 11) is 0. The van der Waals surface area contributed by atoms with E-state index < -0.39 is 36.7 Å². The number of nitrogens with zero attached hydrogens (tertiary/aromatic N) is 4. The number of fused-ring (bicyclic) bond motifs is 1. The van der Waals surface area contributed by atoms with Crippen LogP contribution in [0, 0.1) is 11.8 Å². The lowest BCUT2D eigenvalue weighted by Gasteiger charge is -2.26. The summed E-state index contributed by atoms with van der Waals surface area (Å²) < 4.78 is 6.96. The Bertz CT molecular complexity index is 930. The number of anilines is 1. The quantitative estimate of drug-likeness (QED) is 0.409. The highest BCUT2D eigenvalue weighted by atomic mass is 16.6. The van der Waals surface area contributed by atoms with E-state index in [9.17, 15) is 20.4 Å². The molecule has 0 radical (unpaired) electrons. The predicted octanol–water partition coefficient (Wildman–Crippen LogP) is -0.933. The van der Waals surface area contributed by atoms with Gasteiger partial charge in [-0.2, -0.15) is 0 Å². The molecule has 0 spiro atoms. The van der Waals surface area contributed by atoms with Gasteiger partial charge in [0, 0.05) is 0 Å². The van der Waals surface area contributed by atoms with Crippen molar-refractivity contribution in [3.63, 3.8) is 0 Å². The second kappa shape index (κ2) is 7.27. The molecular weight excluding hydrogens is 366 g/mol. The van der Waals surface area contributed by atoms with E-state index in [1.54, 1.807) is 0 Å². The van der Waals surface area contributed by atoms with Gasteiger partial charge in [-0.1, -0.05) is 12.3 Å². The van der Waals surface area contributed by atoms with Crippen molar-refractivity contribution in [3.05, 3.63) is 12.2 Å². The fourth-order valence-electron chi connectivity index (χ4n) is 3.72. The van der Waals surface area contributed by atoms with Gasteiger partial charge in [-0.05, 0) is 31.6 Å². The summed E-state index contributed by atoms with van der Waals surface area (Å²) in [6.07, 6.45) is 1.10. The van der Waals surface area contributed by atoms with Crippen LogP contribution in [0.5, 0.6) is 0 Å². The van der Waals surface area contributed by atoms with E-state index in [-0.39, 0.29) is 17.3 Å². The number of aliphatic hydroxyl groups excluding tert-OH is 3. The molecule has 10 heteroatoms. The molecule has 1 aliphatic heterocycles. The van der Waals surface area contributed by atoms with Crippen LogP contribution in [0.4, 0.5) is 5.82 Å². The van der Waals surface area contributed by atoms with E-state index in [0.717, 1.165) is 19.3 Å². The number of hydrogen-bond donors (Lipinski definition) is 5. The van der Waals surface area contributed by atoms with Crippen molar-refractivity contribution in [3.8, 4) is 11.8 Å². The van der Waals surface area contributed by atoms with Crippen LogP contribution < -0.4 is 5.73 Å². The van der Waals surface area contributed by atoms with Gasteiger partial charge in [-0.25, -0.2) is 15.0 Å². The van der Waals surface area contributed by atoms with Crippen molar-refractivity contribution in [2.75, 3.05) is 12.3 Å². The van der Waals surface area contributed by atoms with Crippen LogP contribution in [0.3, 0.4) is 0 Å². The number of aliphatic hydroxyl groups is 4. The van der Waals surface area contributed by atoms with E-state index in [2.05, 4.69) is 26.8 Å². The number of rotatable bonds is 2. The summed E-state index contributed by atoms with van der Waals surface area (Å²) in [6, 6.07) is 0. The van der Waals surface area contributed by atoms with Crippen LogP contribution in [0.1, 0.15) is 44.2 Å². The number of hydrogen-bond acceptors (Lipinski definition) is 9. The summed E-state index contributed by atoms with van der Waals surface area (Å²) in [6.45, 7) is -0.437. The van der Waals surface area contributed by atoms with E-state index in [1.807, 2.05) is 0 Å². The summed E-state index contributed by atoms with van der Waals surface area (Å²) >= 11 is 0. The first-order valence-electron chi connectivity index (χ1n) is 9.30. The smallest absolute Gasteiger partial charge is 0.209 e. The van der Waals surface area contributed by atoms with Crippen LogP contribution in [-0.4, -0.2) is 70.5 Å². The van der Waals surface area contributed by atoms with Crippen LogP contribution in [0.25, 0.3) is 11.2 Å². The Balaban J connectivity index is 1.70. The van der Waals surface area contributed by atoms with Gasteiger partial charge in [0.15, 0.2) is 17.7 Å². The zero-order chi connectivity index (χ0) is 19.9. The van der Waals surface area contributed by atoms with Gasteiger partial charge in [0.1, 0.15) is 29.4 Å². The largest absolute Gasteiger partial charge is 0.394 e.